The Labute approximate surface area is 486 Å². The molecule has 0 aliphatic heterocycles. The van der Waals surface area contributed by atoms with Crippen LogP contribution in [0.1, 0.15) is 73.6 Å². The molecule has 0 radical (unpaired) electrons. The molecule has 0 heterocycles. The Morgan fingerprint density at radius 3 is 0.866 bits per heavy atom. The highest BCUT2D eigenvalue weighted by Gasteiger charge is 2.53. The normalized spacial score (nSPS) is 15.2. The van der Waals surface area contributed by atoms with Crippen LogP contribution in [0.4, 0.5) is 17.1 Å². The van der Waals surface area contributed by atoms with E-state index < -0.39 is 22.3 Å². The van der Waals surface area contributed by atoms with Crippen molar-refractivity contribution in [3.63, 3.8) is 0 Å². The van der Waals surface area contributed by atoms with Crippen molar-refractivity contribution in [3.8, 4) is 55.6 Å². The van der Waals surface area contributed by atoms with Gasteiger partial charge in [-0.25, -0.2) is 0 Å². The summed E-state index contributed by atoms with van der Waals surface area (Å²) in [6.07, 6.45) is 0. The van der Waals surface area contributed by atoms with Crippen LogP contribution in [0, 0.1) is 0 Å². The van der Waals surface area contributed by atoms with E-state index in [4.69, 9.17) is 4.11 Å². The number of hydrogen-bond acceptors (Lipinski definition) is 1. The maximum Gasteiger partial charge on any atom is 0.0726 e. The largest absolute Gasteiger partial charge is 0.310 e. The molecule has 4 aliphatic rings. The predicted octanol–water partition coefficient (Wildman–Crippen LogP) is 19.9. The zero-order valence-corrected chi connectivity index (χ0v) is 44.7. The second-order valence-electron chi connectivity index (χ2n) is 22.2. The van der Waals surface area contributed by atoms with Gasteiger partial charge >= 0.3 is 0 Å². The molecule has 382 valence electrons. The smallest absolute Gasteiger partial charge is 0.0726 e. The standard InChI is InChI=1S/C81H53N/c1-6-24-54(25-7-1)55-42-46-67-70-49-45-62(53-78(70)81(75(67)50-55)73-40-22-18-34-63(73)64-35-19-23-41-74(64)81)82(60-43-47-68-65-36-16-20-38-71(65)79(76(68)51-60,56-26-8-2-9-27-56)57-28-10-3-11-29-57)61-44-48-69-66-37-17-21-39-72(66)80(77(69)52-61,58-30-12-4-13-31-58)59-32-14-5-15-33-59/h1-53H/i1D,6D,7D,24D,25D. The fourth-order valence-electron chi connectivity index (χ4n) is 15.4. The van der Waals surface area contributed by atoms with Crippen molar-refractivity contribution >= 4 is 17.1 Å². The van der Waals surface area contributed by atoms with E-state index in [9.17, 15) is 2.74 Å². The highest BCUT2D eigenvalue weighted by molar-refractivity contribution is 5.98. The topological polar surface area (TPSA) is 3.24 Å². The minimum Gasteiger partial charge on any atom is -0.310 e. The van der Waals surface area contributed by atoms with E-state index in [0.717, 1.165) is 61.6 Å². The summed E-state index contributed by atoms with van der Waals surface area (Å²) in [4.78, 5) is 2.48. The first-order valence-corrected chi connectivity index (χ1v) is 28.3. The van der Waals surface area contributed by atoms with E-state index in [1.54, 1.807) is 0 Å². The molecule has 0 unspecified atom stereocenters. The van der Waals surface area contributed by atoms with Crippen molar-refractivity contribution in [2.45, 2.75) is 16.2 Å². The molecule has 0 N–H and O–H groups in total. The summed E-state index contributed by atoms with van der Waals surface area (Å²) in [5.41, 5.74) is 24.7. The van der Waals surface area contributed by atoms with E-state index >= 15 is 0 Å². The Kier molecular flexibility index (Phi) is 9.06. The second-order valence-corrected chi connectivity index (χ2v) is 22.2. The molecule has 13 aromatic rings. The van der Waals surface area contributed by atoms with E-state index in [-0.39, 0.29) is 29.7 Å². The molecule has 13 aromatic carbocycles. The van der Waals surface area contributed by atoms with Gasteiger partial charge in [-0.3, -0.25) is 0 Å². The van der Waals surface area contributed by atoms with E-state index in [0.29, 0.717) is 5.56 Å². The van der Waals surface area contributed by atoms with Gasteiger partial charge in [0.05, 0.1) is 23.1 Å². The molecule has 0 aromatic heterocycles. The molecule has 0 atom stereocenters. The van der Waals surface area contributed by atoms with Crippen LogP contribution in [-0.2, 0) is 16.2 Å². The number of rotatable bonds is 8. The van der Waals surface area contributed by atoms with Crippen molar-refractivity contribution in [1.29, 1.82) is 0 Å². The van der Waals surface area contributed by atoms with Crippen LogP contribution in [0.15, 0.2) is 321 Å². The predicted molar refractivity (Wildman–Crippen MR) is 337 cm³/mol. The lowest BCUT2D eigenvalue weighted by Gasteiger charge is -2.36. The number of fused-ring (bicyclic) bond motifs is 16. The van der Waals surface area contributed by atoms with Gasteiger partial charge in [0, 0.05) is 17.1 Å². The highest BCUT2D eigenvalue weighted by Crippen LogP contribution is 2.65. The molecule has 0 bridgehead atoms. The highest BCUT2D eigenvalue weighted by atomic mass is 15.1. The molecule has 0 amide bonds. The second kappa shape index (κ2) is 17.8. The number of hydrogen-bond donors (Lipinski definition) is 0. The molecular formula is C81H53N. The van der Waals surface area contributed by atoms with Crippen LogP contribution < -0.4 is 4.90 Å². The molecule has 1 heteroatoms. The van der Waals surface area contributed by atoms with E-state index in [2.05, 4.69) is 290 Å². The molecular weight excluding hydrogens is 987 g/mol. The monoisotopic (exact) mass is 1040 g/mol. The van der Waals surface area contributed by atoms with E-state index in [1.165, 1.54) is 66.8 Å². The van der Waals surface area contributed by atoms with Gasteiger partial charge in [-0.1, -0.05) is 279 Å². The third kappa shape index (κ3) is 6.23. The van der Waals surface area contributed by atoms with Crippen molar-refractivity contribution in [3.05, 3.63) is 388 Å². The van der Waals surface area contributed by atoms with Crippen LogP contribution in [0.3, 0.4) is 0 Å². The summed E-state index contributed by atoms with van der Waals surface area (Å²) in [6, 6.07) is 105. The number of benzene rings is 13. The quantitative estimate of drug-likeness (QED) is 0.147. The average molecular weight is 1050 g/mol. The van der Waals surface area contributed by atoms with Gasteiger partial charge in [0.1, 0.15) is 0 Å². The van der Waals surface area contributed by atoms with Gasteiger partial charge in [0.2, 0.25) is 0 Å². The van der Waals surface area contributed by atoms with Crippen molar-refractivity contribution in [2.24, 2.45) is 0 Å². The first-order chi connectivity index (χ1) is 42.7. The van der Waals surface area contributed by atoms with Crippen LogP contribution in [-0.4, -0.2) is 0 Å². The summed E-state index contributed by atoms with van der Waals surface area (Å²) in [6.45, 7) is 0. The summed E-state index contributed by atoms with van der Waals surface area (Å²) < 4.78 is 44.4. The van der Waals surface area contributed by atoms with Gasteiger partial charge in [-0.2, -0.15) is 0 Å². The average Bonchev–Trinajstić information content (AvgIpc) is 1.55. The zero-order valence-electron chi connectivity index (χ0n) is 49.7. The minimum absolute atomic E-state index is 0.183. The summed E-state index contributed by atoms with van der Waals surface area (Å²) in [5.74, 6) is 0. The molecule has 0 saturated heterocycles. The molecule has 17 rings (SSSR count). The summed E-state index contributed by atoms with van der Waals surface area (Å²) in [7, 11) is 0. The first kappa shape index (κ1) is 41.7. The van der Waals surface area contributed by atoms with Gasteiger partial charge < -0.3 is 4.90 Å². The molecule has 1 nitrogen and oxygen atoms in total. The maximum atomic E-state index is 9.21. The zero-order chi connectivity index (χ0) is 58.3. The van der Waals surface area contributed by atoms with Crippen molar-refractivity contribution in [1.82, 2.24) is 0 Å². The first-order valence-electron chi connectivity index (χ1n) is 30.8. The molecule has 4 aliphatic carbocycles. The summed E-state index contributed by atoms with van der Waals surface area (Å²) >= 11 is 0. The van der Waals surface area contributed by atoms with Crippen molar-refractivity contribution in [2.75, 3.05) is 4.90 Å². The van der Waals surface area contributed by atoms with Gasteiger partial charge in [-0.15, -0.1) is 0 Å². The Hall–Kier alpha value is -10.3. The SMILES string of the molecule is [2H]c1c([2H])c([2H])c(-c2ccc3c(c2)C2(c4ccccc4-c4ccccc42)c2cc(N(c4ccc5c(c4)C(c4ccccc4)(c4ccccc4)c4ccccc4-5)c4ccc5c(c4)C(c4ccccc4)(c4ccccc4)c4ccccc4-5)ccc2-3)c([2H])c1[2H]. The molecule has 0 fully saturated rings. The third-order valence-corrected chi connectivity index (χ3v) is 18.5. The maximum absolute atomic E-state index is 9.21. The fraction of sp³-hybridized carbons (Fsp3) is 0.0370. The Morgan fingerprint density at radius 1 is 0.220 bits per heavy atom. The van der Waals surface area contributed by atoms with Crippen molar-refractivity contribution < 1.29 is 6.85 Å². The summed E-state index contributed by atoms with van der Waals surface area (Å²) in [5, 5.41) is 0. The lowest BCUT2D eigenvalue weighted by molar-refractivity contribution is 0.767. The Bertz CT molecular complexity index is 4660. The van der Waals surface area contributed by atoms with Crippen LogP contribution in [0.2, 0.25) is 0 Å². The number of anilines is 3. The van der Waals surface area contributed by atoms with Crippen LogP contribution in [0.5, 0.6) is 0 Å². The van der Waals surface area contributed by atoms with Crippen LogP contribution in [0.25, 0.3) is 55.6 Å². The third-order valence-electron chi connectivity index (χ3n) is 18.5. The number of nitrogens with zero attached hydrogens (tertiary/aromatic N) is 1. The molecule has 82 heavy (non-hydrogen) atoms. The van der Waals surface area contributed by atoms with Gasteiger partial charge in [0.15, 0.2) is 0 Å². The lowest BCUT2D eigenvalue weighted by Crippen LogP contribution is -2.29. The lowest BCUT2D eigenvalue weighted by atomic mass is 9.67. The van der Waals surface area contributed by atoms with Gasteiger partial charge in [-0.05, 0) is 165 Å². The van der Waals surface area contributed by atoms with Gasteiger partial charge in [0.25, 0.3) is 0 Å². The molecule has 0 saturated carbocycles. The van der Waals surface area contributed by atoms with Crippen LogP contribution >= 0.6 is 0 Å². The van der Waals surface area contributed by atoms with E-state index in [1.807, 2.05) is 6.07 Å². The molecule has 1 spiro atoms. The fourth-order valence-corrected chi connectivity index (χ4v) is 15.4. The Balaban J connectivity index is 0.966. The Morgan fingerprint density at radius 2 is 0.500 bits per heavy atom. The minimum atomic E-state index is -0.867.